The quantitative estimate of drug-likeness (QED) is 0.231. The van der Waals surface area contributed by atoms with Crippen molar-refractivity contribution in [1.82, 2.24) is 4.90 Å². The predicted molar refractivity (Wildman–Crippen MR) is 120 cm³/mol. The summed E-state index contributed by atoms with van der Waals surface area (Å²) in [6.45, 7) is 9.59. The first-order valence-corrected chi connectivity index (χ1v) is 10.5. The molecular weight excluding hydrogens is 432 g/mol. The standard InChI is InChI=1S/C23H32N2O8/c1-22(2,3)32-20(27)25(21(28)33-23(4,5)6)18(14-10-11-15-24(29)30)19(26)31-16-17-12-8-7-9-13-17/h7-9,11-13,15,18H,10,14,16H2,1-6H3/b15-11+/t18-/m1/s1. The van der Waals surface area contributed by atoms with Gasteiger partial charge in [-0.1, -0.05) is 30.3 Å². The molecule has 0 aromatic heterocycles. The van der Waals surface area contributed by atoms with E-state index < -0.39 is 40.3 Å². The first kappa shape index (κ1) is 27.6. The third-order valence-electron chi connectivity index (χ3n) is 3.82. The fourth-order valence-corrected chi connectivity index (χ4v) is 2.54. The summed E-state index contributed by atoms with van der Waals surface area (Å²) in [6, 6.07) is 7.44. The number of ether oxygens (including phenoxy) is 3. The largest absolute Gasteiger partial charge is 0.459 e. The van der Waals surface area contributed by atoms with Gasteiger partial charge in [0.25, 0.3) is 0 Å². The zero-order valence-corrected chi connectivity index (χ0v) is 19.9. The zero-order chi connectivity index (χ0) is 25.2. The monoisotopic (exact) mass is 464 g/mol. The van der Waals surface area contributed by atoms with Crippen LogP contribution in [0.25, 0.3) is 0 Å². The molecule has 33 heavy (non-hydrogen) atoms. The number of esters is 1. The number of nitro groups is 1. The summed E-state index contributed by atoms with van der Waals surface area (Å²) in [4.78, 5) is 49.3. The average Bonchev–Trinajstić information content (AvgIpc) is 2.66. The lowest BCUT2D eigenvalue weighted by Crippen LogP contribution is -2.52. The topological polar surface area (TPSA) is 125 Å². The lowest BCUT2D eigenvalue weighted by molar-refractivity contribution is -0.402. The first-order chi connectivity index (χ1) is 15.2. The molecular formula is C23H32N2O8. The summed E-state index contributed by atoms with van der Waals surface area (Å²) in [5, 5.41) is 10.6. The molecule has 0 aliphatic rings. The maximum Gasteiger partial charge on any atom is 0.420 e. The second-order valence-electron chi connectivity index (χ2n) is 9.19. The van der Waals surface area contributed by atoms with Crippen molar-refractivity contribution in [3.05, 3.63) is 58.3 Å². The molecule has 0 spiro atoms. The SMILES string of the molecule is CC(C)(C)OC(=O)N(C(=O)OC(C)(C)C)[C@H](CC/C=C/[N+](=O)[O-])C(=O)OCc1ccccc1. The van der Waals surface area contributed by atoms with E-state index in [1.54, 1.807) is 65.8 Å². The fraction of sp³-hybridized carbons (Fsp3) is 0.522. The van der Waals surface area contributed by atoms with E-state index in [-0.39, 0.29) is 19.4 Å². The molecule has 0 bridgehead atoms. The smallest absolute Gasteiger partial charge is 0.420 e. The van der Waals surface area contributed by atoms with E-state index in [1.165, 1.54) is 6.08 Å². The molecule has 1 aromatic rings. The van der Waals surface area contributed by atoms with Gasteiger partial charge in [0.2, 0.25) is 6.20 Å². The average molecular weight is 465 g/mol. The summed E-state index contributed by atoms with van der Waals surface area (Å²) < 4.78 is 16.0. The molecule has 0 aliphatic heterocycles. The Labute approximate surface area is 193 Å². The van der Waals surface area contributed by atoms with Crippen molar-refractivity contribution < 1.29 is 33.5 Å². The third-order valence-corrected chi connectivity index (χ3v) is 3.82. The van der Waals surface area contributed by atoms with Crippen molar-refractivity contribution in [2.45, 2.75) is 78.2 Å². The van der Waals surface area contributed by atoms with E-state index in [1.807, 2.05) is 6.07 Å². The Kier molecular flexibility index (Phi) is 10.0. The molecule has 0 heterocycles. The number of benzene rings is 1. The van der Waals surface area contributed by atoms with Crippen molar-refractivity contribution in [2.75, 3.05) is 0 Å². The van der Waals surface area contributed by atoms with Crippen LogP contribution in [0.15, 0.2) is 42.6 Å². The molecule has 10 nitrogen and oxygen atoms in total. The third kappa shape index (κ3) is 11.1. The Morgan fingerprint density at radius 3 is 1.97 bits per heavy atom. The number of nitrogens with zero attached hydrogens (tertiary/aromatic N) is 2. The van der Waals surface area contributed by atoms with Crippen LogP contribution in [0.3, 0.4) is 0 Å². The van der Waals surface area contributed by atoms with E-state index in [0.717, 1.165) is 6.20 Å². The van der Waals surface area contributed by atoms with E-state index in [2.05, 4.69) is 0 Å². The minimum absolute atomic E-state index is 0.0220. The van der Waals surface area contributed by atoms with Gasteiger partial charge in [0.05, 0.1) is 4.92 Å². The number of carbonyl (C=O) groups excluding carboxylic acids is 3. The molecule has 0 saturated heterocycles. The van der Waals surface area contributed by atoms with Crippen LogP contribution in [-0.4, -0.2) is 45.2 Å². The van der Waals surface area contributed by atoms with Crippen LogP contribution in [0, 0.1) is 10.1 Å². The van der Waals surface area contributed by atoms with Gasteiger partial charge >= 0.3 is 18.2 Å². The Hall–Kier alpha value is -3.43. The highest BCUT2D eigenvalue weighted by Crippen LogP contribution is 2.20. The molecule has 182 valence electrons. The summed E-state index contributed by atoms with van der Waals surface area (Å²) in [7, 11) is 0. The van der Waals surface area contributed by atoms with Crippen LogP contribution in [0.2, 0.25) is 0 Å². The summed E-state index contributed by atoms with van der Waals surface area (Å²) >= 11 is 0. The van der Waals surface area contributed by atoms with Gasteiger partial charge in [-0.15, -0.1) is 0 Å². The molecule has 0 aliphatic carbocycles. The number of allylic oxidation sites excluding steroid dienone is 1. The maximum atomic E-state index is 13.0. The van der Waals surface area contributed by atoms with Gasteiger partial charge in [0.15, 0.2) is 0 Å². The maximum absolute atomic E-state index is 13.0. The lowest BCUT2D eigenvalue weighted by atomic mass is 10.1. The van der Waals surface area contributed by atoms with Crippen LogP contribution < -0.4 is 0 Å². The van der Waals surface area contributed by atoms with E-state index >= 15 is 0 Å². The van der Waals surface area contributed by atoms with Crippen molar-refractivity contribution >= 4 is 18.2 Å². The van der Waals surface area contributed by atoms with Gasteiger partial charge in [-0.25, -0.2) is 14.4 Å². The van der Waals surface area contributed by atoms with Crippen molar-refractivity contribution in [2.24, 2.45) is 0 Å². The van der Waals surface area contributed by atoms with Crippen LogP contribution in [0.5, 0.6) is 0 Å². The minimum atomic E-state index is -1.42. The zero-order valence-electron chi connectivity index (χ0n) is 19.9. The minimum Gasteiger partial charge on any atom is -0.459 e. The fourth-order valence-electron chi connectivity index (χ4n) is 2.54. The Bertz CT molecular complexity index is 825. The number of hydrogen-bond acceptors (Lipinski definition) is 8. The van der Waals surface area contributed by atoms with Gasteiger partial charge in [-0.2, -0.15) is 4.90 Å². The second-order valence-corrected chi connectivity index (χ2v) is 9.19. The molecule has 0 unspecified atom stereocenters. The van der Waals surface area contributed by atoms with E-state index in [9.17, 15) is 24.5 Å². The van der Waals surface area contributed by atoms with Gasteiger partial charge in [-0.05, 0) is 66.0 Å². The molecule has 0 radical (unpaired) electrons. The Balaban J connectivity index is 3.23. The summed E-state index contributed by atoms with van der Waals surface area (Å²) in [5.74, 6) is -0.870. The van der Waals surface area contributed by atoms with Crippen LogP contribution in [0.4, 0.5) is 9.59 Å². The van der Waals surface area contributed by atoms with Gasteiger partial charge < -0.3 is 14.2 Å². The molecule has 2 amide bonds. The van der Waals surface area contributed by atoms with Gasteiger partial charge in [-0.3, -0.25) is 10.1 Å². The number of hydrogen-bond donors (Lipinski definition) is 0. The lowest BCUT2D eigenvalue weighted by Gasteiger charge is -2.32. The molecule has 0 fully saturated rings. The highest BCUT2D eigenvalue weighted by atomic mass is 16.6. The Morgan fingerprint density at radius 2 is 1.52 bits per heavy atom. The van der Waals surface area contributed by atoms with Crippen molar-refractivity contribution in [3.63, 3.8) is 0 Å². The Morgan fingerprint density at radius 1 is 1.00 bits per heavy atom. The number of imide groups is 1. The molecule has 0 saturated carbocycles. The van der Waals surface area contributed by atoms with Crippen LogP contribution >= 0.6 is 0 Å². The van der Waals surface area contributed by atoms with E-state index in [0.29, 0.717) is 10.5 Å². The molecule has 1 atom stereocenters. The molecule has 0 N–H and O–H groups in total. The number of rotatable bonds is 8. The van der Waals surface area contributed by atoms with Crippen molar-refractivity contribution in [3.8, 4) is 0 Å². The normalized spacial score (nSPS) is 12.7. The number of amides is 2. The summed E-state index contributed by atoms with van der Waals surface area (Å²) in [6.07, 6.45) is -0.337. The predicted octanol–water partition coefficient (Wildman–Crippen LogP) is 4.84. The number of carbonyl (C=O) groups is 3. The van der Waals surface area contributed by atoms with Gasteiger partial charge in [0.1, 0.15) is 23.9 Å². The molecule has 1 aromatic carbocycles. The first-order valence-electron chi connectivity index (χ1n) is 10.5. The summed E-state index contributed by atoms with van der Waals surface area (Å²) in [5.41, 5.74) is -1.21. The molecule has 1 rings (SSSR count). The second kappa shape index (κ2) is 12.0. The molecule has 10 heteroatoms. The van der Waals surface area contributed by atoms with Crippen LogP contribution in [0.1, 0.15) is 59.9 Å². The van der Waals surface area contributed by atoms with Gasteiger partial charge in [0, 0.05) is 0 Å². The highest BCUT2D eigenvalue weighted by Gasteiger charge is 2.40. The highest BCUT2D eigenvalue weighted by molar-refractivity contribution is 5.94. The van der Waals surface area contributed by atoms with Crippen LogP contribution in [-0.2, 0) is 25.6 Å². The van der Waals surface area contributed by atoms with E-state index in [4.69, 9.17) is 14.2 Å². The van der Waals surface area contributed by atoms with Crippen molar-refractivity contribution in [1.29, 1.82) is 0 Å².